The highest BCUT2D eigenvalue weighted by atomic mass is 32.1. The number of nitrogens with zero attached hydrogens (tertiary/aromatic N) is 4. The van der Waals surface area contributed by atoms with Crippen LogP contribution in [0.4, 0.5) is 0 Å². The second kappa shape index (κ2) is 38.9. The molecule has 0 aliphatic carbocycles. The van der Waals surface area contributed by atoms with Crippen molar-refractivity contribution in [2.45, 2.75) is 201 Å². The van der Waals surface area contributed by atoms with Crippen LogP contribution in [-0.2, 0) is 68.6 Å². The van der Waals surface area contributed by atoms with Crippen molar-refractivity contribution in [3.63, 3.8) is 0 Å². The molecule has 3 rings (SSSR count). The van der Waals surface area contributed by atoms with E-state index in [1.54, 1.807) is 12.3 Å². The predicted molar refractivity (Wildman–Crippen MR) is 334 cm³/mol. The molecule has 1 aliphatic rings. The summed E-state index contributed by atoms with van der Waals surface area (Å²) in [5.41, 5.74) is 1.26. The Kier molecular flexibility index (Phi) is 33.5. The van der Waals surface area contributed by atoms with Gasteiger partial charge in [0.05, 0.1) is 18.8 Å². The number of aromatic nitrogens is 1. The average molecular weight is 1260 g/mol. The van der Waals surface area contributed by atoms with E-state index < -0.39 is 83.1 Å². The van der Waals surface area contributed by atoms with E-state index in [2.05, 4.69) is 45.7 Å². The second-order valence-corrected chi connectivity index (χ2v) is 24.8. The first-order chi connectivity index (χ1) is 41.7. The van der Waals surface area contributed by atoms with Gasteiger partial charge in [-0.15, -0.1) is 16.4 Å². The van der Waals surface area contributed by atoms with Crippen molar-refractivity contribution in [1.82, 2.24) is 51.7 Å². The molecule has 2 aromatic rings. The number of ether oxygens (including phenoxy) is 3. The summed E-state index contributed by atoms with van der Waals surface area (Å²) in [6.45, 7) is 22.5. The topological polar surface area (TPSA) is 302 Å². The van der Waals surface area contributed by atoms with Crippen molar-refractivity contribution in [1.29, 1.82) is 0 Å². The zero-order valence-electron chi connectivity index (χ0n) is 54.6. The molecule has 4 unspecified atom stereocenters. The van der Waals surface area contributed by atoms with E-state index in [1.165, 1.54) is 25.4 Å². The van der Waals surface area contributed by atoms with Crippen LogP contribution >= 0.6 is 11.3 Å². The van der Waals surface area contributed by atoms with Crippen LogP contribution in [0.3, 0.4) is 0 Å². The fourth-order valence-corrected chi connectivity index (χ4v) is 10.4. The number of benzene rings is 1. The van der Waals surface area contributed by atoms with Crippen LogP contribution in [-0.4, -0.2) is 182 Å². The molecule has 0 saturated carbocycles. The molecule has 494 valence electrons. The number of rotatable bonds is 42. The lowest BCUT2D eigenvalue weighted by Gasteiger charge is -2.40. The first-order valence-electron chi connectivity index (χ1n) is 31.2. The Bertz CT molecular complexity index is 2560. The van der Waals surface area contributed by atoms with Gasteiger partial charge in [0, 0.05) is 82.4 Å². The number of aryl methyl sites for hydroxylation is 1. The summed E-state index contributed by atoms with van der Waals surface area (Å²) in [4.78, 5) is 146. The largest absolute Gasteiger partial charge is 0.382 e. The molecule has 0 bridgehead atoms. The van der Waals surface area contributed by atoms with E-state index in [1.807, 2.05) is 96.6 Å². The second-order valence-electron chi connectivity index (χ2n) is 23.9. The predicted octanol–water partition coefficient (Wildman–Crippen LogP) is 5.25. The van der Waals surface area contributed by atoms with Crippen LogP contribution in [0.25, 0.3) is 0 Å². The number of likely N-dealkylation sites (N-methyl/N-ethyl adjacent to an activating group) is 1. The van der Waals surface area contributed by atoms with Crippen molar-refractivity contribution in [3.05, 3.63) is 51.5 Å². The Balaban J connectivity index is 1.79. The SMILES string of the molecule is CCCO[C@H](C[C@H](C(C)C)N(CCC)C(=O)[C@@H](NC(=O)C(C)(C)N(C)C)C(C)CC)c1nc(C(=O)N[C@@H](Cc2ccc(C)cc2)CC(C)C(=O)NC(C)C(=O)NC(CCCCNC(=O)COCCOC)C(=O)NCCCC(=O)ON2C(=O)CCC2=O)cs1. The van der Waals surface area contributed by atoms with Gasteiger partial charge >= 0.3 is 5.97 Å². The van der Waals surface area contributed by atoms with Crippen molar-refractivity contribution in [2.24, 2.45) is 17.8 Å². The van der Waals surface area contributed by atoms with Crippen LogP contribution in [0, 0.1) is 24.7 Å². The maximum Gasteiger partial charge on any atom is 0.333 e. The number of hydrogen-bond donors (Lipinski definition) is 6. The van der Waals surface area contributed by atoms with Crippen LogP contribution in [0.15, 0.2) is 29.6 Å². The van der Waals surface area contributed by atoms with Crippen LogP contribution in [0.1, 0.15) is 179 Å². The molecule has 24 nitrogen and oxygen atoms in total. The summed E-state index contributed by atoms with van der Waals surface area (Å²) >= 11 is 1.29. The number of methoxy groups -OCH3 is 1. The standard InChI is InChI=1S/C63H102N10O14S/c1-15-31-72(61(82)55(42(7)17-3)70-62(83)63(10,11)71(12)13)49(40(4)5)37-50(86-32-16-2)60-69-48(39-88-60)59(81)67-46(36-45-25-23-41(6)24-26-45)35-43(8)56(78)66-44(9)57(79)68-47(21-18-19-29-64-51(74)38-85-34-33-84-14)58(80)65-30-20-22-54(77)87-73-52(75)27-28-53(73)76/h23-26,39-40,42-44,46-47,49-50,55H,15-22,27-38H2,1-14H3,(H,64,74)(H,65,80)(H,66,78)(H,67,81)(H,68,79)(H,70,83)/t42?,43?,44?,46-,47?,49-,50-,55+/m1/s1. The zero-order valence-corrected chi connectivity index (χ0v) is 55.5. The number of unbranched alkanes of at least 4 members (excludes halogenated alkanes) is 1. The highest BCUT2D eigenvalue weighted by Crippen LogP contribution is 2.32. The summed E-state index contributed by atoms with van der Waals surface area (Å²) in [6, 6.07) is 4.01. The number of carbonyl (C=O) groups excluding carboxylic acids is 10. The maximum absolute atomic E-state index is 14.8. The maximum atomic E-state index is 14.8. The highest BCUT2D eigenvalue weighted by Gasteiger charge is 2.40. The summed E-state index contributed by atoms with van der Waals surface area (Å²) in [5, 5.41) is 19.9. The average Bonchev–Trinajstić information content (AvgIpc) is 4.23. The summed E-state index contributed by atoms with van der Waals surface area (Å²) < 4.78 is 16.7. The number of carbonyl (C=O) groups is 10. The zero-order chi connectivity index (χ0) is 65.7. The fraction of sp³-hybridized carbons (Fsp3) is 0.698. The first kappa shape index (κ1) is 75.8. The van der Waals surface area contributed by atoms with Gasteiger partial charge < -0.3 is 55.8 Å². The molecule has 1 aromatic heterocycles. The number of nitrogens with one attached hydrogen (secondary N) is 6. The van der Waals surface area contributed by atoms with Crippen LogP contribution in [0.5, 0.6) is 0 Å². The molecule has 25 heteroatoms. The van der Waals surface area contributed by atoms with Crippen molar-refractivity contribution in [2.75, 3.05) is 67.3 Å². The lowest BCUT2D eigenvalue weighted by Crippen LogP contribution is -2.60. The molecular formula is C63H102N10O14S. The Morgan fingerprint density at radius 2 is 1.45 bits per heavy atom. The molecule has 0 radical (unpaired) electrons. The smallest absolute Gasteiger partial charge is 0.333 e. The molecule has 88 heavy (non-hydrogen) atoms. The van der Waals surface area contributed by atoms with Gasteiger partial charge in [-0.05, 0) is 111 Å². The van der Waals surface area contributed by atoms with Gasteiger partial charge in [0.1, 0.15) is 41.5 Å². The number of hydrogen-bond acceptors (Lipinski definition) is 17. The quantitative estimate of drug-likeness (QED) is 0.0365. The van der Waals surface area contributed by atoms with Gasteiger partial charge in [-0.3, -0.25) is 48.1 Å². The number of imide groups is 1. The molecule has 1 fully saturated rings. The minimum Gasteiger partial charge on any atom is -0.382 e. The lowest BCUT2D eigenvalue weighted by molar-refractivity contribution is -0.197. The van der Waals surface area contributed by atoms with Crippen LogP contribution in [0.2, 0.25) is 0 Å². The molecule has 0 spiro atoms. The third kappa shape index (κ3) is 25.2. The van der Waals surface area contributed by atoms with Gasteiger partial charge in [0.15, 0.2) is 0 Å². The van der Waals surface area contributed by atoms with Gasteiger partial charge in [-0.2, -0.15) is 0 Å². The van der Waals surface area contributed by atoms with E-state index in [-0.39, 0.29) is 106 Å². The van der Waals surface area contributed by atoms with E-state index in [9.17, 15) is 47.9 Å². The molecule has 1 saturated heterocycles. The first-order valence-corrected chi connectivity index (χ1v) is 32.1. The van der Waals surface area contributed by atoms with E-state index in [4.69, 9.17) is 24.0 Å². The Hall–Kier alpha value is -6.41. The van der Waals surface area contributed by atoms with Crippen molar-refractivity contribution in [3.8, 4) is 0 Å². The third-order valence-corrected chi connectivity index (χ3v) is 16.7. The fourth-order valence-electron chi connectivity index (χ4n) is 9.50. The Labute approximate surface area is 525 Å². The van der Waals surface area contributed by atoms with Gasteiger partial charge in [-0.25, -0.2) is 9.78 Å². The van der Waals surface area contributed by atoms with Crippen molar-refractivity contribution < 1.29 is 67.0 Å². The van der Waals surface area contributed by atoms with Gasteiger partial charge in [0.25, 0.3) is 17.7 Å². The van der Waals surface area contributed by atoms with Gasteiger partial charge in [0.2, 0.25) is 35.4 Å². The molecule has 1 aliphatic heterocycles. The Morgan fingerprint density at radius 3 is 2.07 bits per heavy atom. The number of hydroxylamine groups is 2. The monoisotopic (exact) mass is 1250 g/mol. The van der Waals surface area contributed by atoms with E-state index in [0.717, 1.165) is 11.1 Å². The summed E-state index contributed by atoms with van der Waals surface area (Å²) in [7, 11) is 5.19. The molecule has 1 aromatic carbocycles. The minimum atomic E-state index is -1.11. The Morgan fingerprint density at radius 1 is 0.784 bits per heavy atom. The lowest BCUT2D eigenvalue weighted by atomic mass is 9.91. The van der Waals surface area contributed by atoms with Crippen LogP contribution < -0.4 is 31.9 Å². The molecular weight excluding hydrogens is 1150 g/mol. The van der Waals surface area contributed by atoms with Gasteiger partial charge in [-0.1, -0.05) is 84.7 Å². The molecule has 8 atom stereocenters. The highest BCUT2D eigenvalue weighted by molar-refractivity contribution is 7.09. The molecule has 2 heterocycles. The third-order valence-electron chi connectivity index (χ3n) is 15.7. The van der Waals surface area contributed by atoms with E-state index in [0.29, 0.717) is 74.8 Å². The molecule has 6 N–H and O–H groups in total. The summed E-state index contributed by atoms with van der Waals surface area (Å²) in [6.07, 6.45) is 3.18. The number of amides is 9. The van der Waals surface area contributed by atoms with Crippen molar-refractivity contribution >= 4 is 70.5 Å². The summed E-state index contributed by atoms with van der Waals surface area (Å²) in [5.74, 6) is -5.83. The minimum absolute atomic E-state index is 0.0112. The number of thiazole rings is 1. The normalized spacial score (nSPS) is 15.3. The molecule has 9 amide bonds. The van der Waals surface area contributed by atoms with E-state index >= 15 is 0 Å².